The summed E-state index contributed by atoms with van der Waals surface area (Å²) < 4.78 is 0. The molecule has 0 saturated heterocycles. The number of rotatable bonds is 0. The first-order valence-corrected chi connectivity index (χ1v) is 2.05. The van der Waals surface area contributed by atoms with Crippen LogP contribution in [0.25, 0.3) is 0 Å². The van der Waals surface area contributed by atoms with Crippen LogP contribution >= 0.6 is 0 Å². The monoisotopic (exact) mass is 114 g/mol. The number of pyridine rings is 1. The molecule has 0 spiro atoms. The number of nitrogen functional groups attached to an aromatic ring is 1. The summed E-state index contributed by atoms with van der Waals surface area (Å²) in [5.74, 6) is 0. The van der Waals surface area contributed by atoms with Crippen molar-refractivity contribution in [2.24, 2.45) is 0 Å². The Labute approximate surface area is 46.7 Å². The maximum atomic E-state index is 5.32. The number of hydrogen-bond acceptors (Lipinski definition) is 2. The minimum atomic E-state index is 0. The van der Waals surface area contributed by atoms with Crippen molar-refractivity contribution < 1.29 is 4.70 Å². The maximum Gasteiger partial charge on any atom is 0.0344 e. The van der Waals surface area contributed by atoms with E-state index in [0.29, 0.717) is 0 Å². The highest BCUT2D eigenvalue weighted by molar-refractivity contribution is 5.33. The Kier molecular flexibility index (Phi) is 2.54. The van der Waals surface area contributed by atoms with Crippen molar-refractivity contribution in [3.8, 4) is 0 Å². The molecule has 0 saturated carbocycles. The lowest BCUT2D eigenvalue weighted by Crippen LogP contribution is -1.81. The molecule has 0 atom stereocenters. The molecule has 0 unspecified atom stereocenters. The average molecular weight is 114 g/mol. The fraction of sp³-hybridized carbons (Fsp3) is 0. The summed E-state index contributed by atoms with van der Waals surface area (Å²) in [6.07, 6.45) is 3.32. The minimum absolute atomic E-state index is 0. The Bertz CT molecular complexity index is 140. The van der Waals surface area contributed by atoms with Crippen molar-refractivity contribution in [1.82, 2.24) is 4.98 Å². The van der Waals surface area contributed by atoms with E-state index in [1.807, 2.05) is 0 Å². The van der Waals surface area contributed by atoms with Crippen LogP contribution in [0.2, 0.25) is 0 Å². The zero-order chi connectivity index (χ0) is 5.11. The van der Waals surface area contributed by atoms with E-state index < -0.39 is 0 Å². The van der Waals surface area contributed by atoms with Crippen LogP contribution in [0.3, 0.4) is 0 Å². The van der Waals surface area contributed by atoms with Crippen LogP contribution in [-0.4, -0.2) is 4.98 Å². The van der Waals surface area contributed by atoms with Gasteiger partial charge in [0.1, 0.15) is 0 Å². The zero-order valence-corrected chi connectivity index (χ0v) is 4.24. The van der Waals surface area contributed by atoms with Crippen molar-refractivity contribution in [2.75, 3.05) is 5.73 Å². The van der Waals surface area contributed by atoms with Gasteiger partial charge in [0.2, 0.25) is 0 Å². The van der Waals surface area contributed by atoms with E-state index in [4.69, 9.17) is 5.73 Å². The Morgan fingerprint density at radius 3 is 2.00 bits per heavy atom. The average Bonchev–Trinajstić information content (AvgIpc) is 1.69. The van der Waals surface area contributed by atoms with Gasteiger partial charge >= 0.3 is 0 Å². The standard InChI is InChI=1S/C5H6N2.FH/c6-5-1-3-7-4-2-5;/h1-4H,(H2,6,7);1H. The van der Waals surface area contributed by atoms with E-state index in [9.17, 15) is 0 Å². The predicted molar refractivity (Wildman–Crippen MR) is 31.2 cm³/mol. The van der Waals surface area contributed by atoms with Crippen LogP contribution in [0.1, 0.15) is 0 Å². The van der Waals surface area contributed by atoms with Gasteiger partial charge in [0.05, 0.1) is 0 Å². The van der Waals surface area contributed by atoms with E-state index >= 15 is 0 Å². The molecule has 2 N–H and O–H groups in total. The number of hydrogen-bond donors (Lipinski definition) is 1. The highest BCUT2D eigenvalue weighted by Crippen LogP contribution is 1.92. The fourth-order valence-corrected chi connectivity index (χ4v) is 0.363. The number of nitrogens with zero attached hydrogens (tertiary/aromatic N) is 1. The van der Waals surface area contributed by atoms with Crippen LogP contribution in [0.5, 0.6) is 0 Å². The Morgan fingerprint density at radius 2 is 1.75 bits per heavy atom. The van der Waals surface area contributed by atoms with Crippen LogP contribution < -0.4 is 5.73 Å². The van der Waals surface area contributed by atoms with Gasteiger partial charge in [-0.2, -0.15) is 0 Å². The van der Waals surface area contributed by atoms with Gasteiger partial charge in [-0.05, 0) is 12.1 Å². The third-order valence-corrected chi connectivity index (χ3v) is 0.706. The first kappa shape index (κ1) is 6.88. The third kappa shape index (κ3) is 1.55. The van der Waals surface area contributed by atoms with Crippen LogP contribution in [0, 0.1) is 0 Å². The summed E-state index contributed by atoms with van der Waals surface area (Å²) in [6, 6.07) is 3.50. The molecule has 0 aliphatic carbocycles. The van der Waals surface area contributed by atoms with Crippen molar-refractivity contribution in [3.63, 3.8) is 0 Å². The van der Waals surface area contributed by atoms with Crippen LogP contribution in [0.15, 0.2) is 24.5 Å². The molecule has 0 aliphatic heterocycles. The molecule has 0 fully saturated rings. The molecule has 1 heterocycles. The first-order chi connectivity index (χ1) is 3.39. The van der Waals surface area contributed by atoms with Crippen LogP contribution in [-0.2, 0) is 0 Å². The molecular weight excluding hydrogens is 107 g/mol. The molecule has 0 bridgehead atoms. The zero-order valence-electron chi connectivity index (χ0n) is 4.24. The molecule has 0 amide bonds. The summed E-state index contributed by atoms with van der Waals surface area (Å²) in [7, 11) is 0. The summed E-state index contributed by atoms with van der Waals surface area (Å²) in [6.45, 7) is 0. The van der Waals surface area contributed by atoms with Crippen molar-refractivity contribution in [1.29, 1.82) is 0 Å². The summed E-state index contributed by atoms with van der Waals surface area (Å²) in [4.78, 5) is 3.77. The molecular formula is C5H7FN2. The smallest absolute Gasteiger partial charge is 0.0344 e. The van der Waals surface area contributed by atoms with Gasteiger partial charge in [0.25, 0.3) is 0 Å². The third-order valence-electron chi connectivity index (χ3n) is 0.706. The number of aromatic nitrogens is 1. The topological polar surface area (TPSA) is 38.9 Å². The Morgan fingerprint density at radius 1 is 1.25 bits per heavy atom. The lowest BCUT2D eigenvalue weighted by atomic mass is 10.4. The first-order valence-electron chi connectivity index (χ1n) is 2.05. The molecule has 3 heteroatoms. The molecule has 1 rings (SSSR count). The second-order valence-electron chi connectivity index (χ2n) is 1.28. The Hall–Kier alpha value is -1.12. The minimum Gasteiger partial charge on any atom is -0.399 e. The van der Waals surface area contributed by atoms with E-state index in [2.05, 4.69) is 4.98 Å². The molecule has 0 radical (unpaired) electrons. The SMILES string of the molecule is F.Nc1ccncc1. The predicted octanol–water partition coefficient (Wildman–Crippen LogP) is 0.816. The van der Waals surface area contributed by atoms with Crippen LogP contribution in [0.4, 0.5) is 10.4 Å². The van der Waals surface area contributed by atoms with Crippen molar-refractivity contribution in [2.45, 2.75) is 0 Å². The van der Waals surface area contributed by atoms with Gasteiger partial charge in [0, 0.05) is 18.1 Å². The van der Waals surface area contributed by atoms with Gasteiger partial charge in [-0.3, -0.25) is 9.69 Å². The molecule has 1 aromatic heterocycles. The summed E-state index contributed by atoms with van der Waals surface area (Å²) in [5, 5.41) is 0. The highest BCUT2D eigenvalue weighted by atomic mass is 19.0. The number of halogens is 1. The number of anilines is 1. The molecule has 8 heavy (non-hydrogen) atoms. The lowest BCUT2D eigenvalue weighted by molar-refractivity contribution is 1.11. The van der Waals surface area contributed by atoms with E-state index in [1.54, 1.807) is 24.5 Å². The quantitative estimate of drug-likeness (QED) is 0.542. The number of nitrogens with two attached hydrogens (primary N) is 1. The largest absolute Gasteiger partial charge is 0.399 e. The summed E-state index contributed by atoms with van der Waals surface area (Å²) >= 11 is 0. The summed E-state index contributed by atoms with van der Waals surface area (Å²) in [5.41, 5.74) is 6.08. The second kappa shape index (κ2) is 2.96. The molecule has 1 aromatic rings. The lowest BCUT2D eigenvalue weighted by Gasteiger charge is -1.83. The molecule has 2 nitrogen and oxygen atoms in total. The van der Waals surface area contributed by atoms with E-state index in [1.165, 1.54) is 0 Å². The van der Waals surface area contributed by atoms with Gasteiger partial charge < -0.3 is 5.73 Å². The van der Waals surface area contributed by atoms with E-state index in [0.717, 1.165) is 5.69 Å². The fourth-order valence-electron chi connectivity index (χ4n) is 0.363. The molecule has 44 valence electrons. The van der Waals surface area contributed by atoms with Crippen molar-refractivity contribution in [3.05, 3.63) is 24.5 Å². The highest BCUT2D eigenvalue weighted by Gasteiger charge is 1.73. The second-order valence-corrected chi connectivity index (χ2v) is 1.28. The molecule has 0 aliphatic rings. The van der Waals surface area contributed by atoms with Crippen molar-refractivity contribution >= 4 is 5.69 Å². The normalized spacial score (nSPS) is 7.50. The van der Waals surface area contributed by atoms with Gasteiger partial charge in [-0.1, -0.05) is 0 Å². The van der Waals surface area contributed by atoms with Gasteiger partial charge in [-0.25, -0.2) is 0 Å². The van der Waals surface area contributed by atoms with Gasteiger partial charge in [0.15, 0.2) is 0 Å². The maximum absolute atomic E-state index is 5.32. The Balaban J connectivity index is 0.000000490. The van der Waals surface area contributed by atoms with E-state index in [-0.39, 0.29) is 4.70 Å². The van der Waals surface area contributed by atoms with Gasteiger partial charge in [-0.15, -0.1) is 0 Å². The molecule has 0 aromatic carbocycles.